The van der Waals surface area contributed by atoms with Gasteiger partial charge in [-0.15, -0.1) is 0 Å². The number of hydrogen-bond donors (Lipinski definition) is 0. The van der Waals surface area contributed by atoms with Gasteiger partial charge in [0.2, 0.25) is 0 Å². The highest BCUT2D eigenvalue weighted by molar-refractivity contribution is 5.71. The van der Waals surface area contributed by atoms with Crippen molar-refractivity contribution >= 4 is 5.97 Å². The molecule has 1 rings (SSSR count). The first-order valence-corrected chi connectivity index (χ1v) is 6.86. The molecule has 0 amide bonds. The molecule has 2 unspecified atom stereocenters. The van der Waals surface area contributed by atoms with E-state index in [2.05, 4.69) is 18.7 Å². The van der Waals surface area contributed by atoms with Gasteiger partial charge < -0.3 is 14.4 Å². The normalized spacial score (nSPS) is 28.7. The van der Waals surface area contributed by atoms with Crippen molar-refractivity contribution in [2.75, 3.05) is 27.3 Å². The minimum atomic E-state index is -0.112. The summed E-state index contributed by atoms with van der Waals surface area (Å²) in [6, 6.07) is 0. The molecular formula is C14H27NO3. The van der Waals surface area contributed by atoms with E-state index in [-0.39, 0.29) is 17.6 Å². The van der Waals surface area contributed by atoms with Crippen molar-refractivity contribution in [3.05, 3.63) is 0 Å². The molecule has 0 aromatic heterocycles. The second-order valence-electron chi connectivity index (χ2n) is 5.71. The predicted octanol–water partition coefficient (Wildman–Crippen LogP) is 2.08. The van der Waals surface area contributed by atoms with E-state index in [0.29, 0.717) is 18.9 Å². The average molecular weight is 257 g/mol. The van der Waals surface area contributed by atoms with E-state index in [9.17, 15) is 4.79 Å². The van der Waals surface area contributed by atoms with Crippen molar-refractivity contribution in [2.24, 2.45) is 5.92 Å². The van der Waals surface area contributed by atoms with Crippen LogP contribution in [0.1, 0.15) is 40.0 Å². The molecule has 0 aliphatic carbocycles. The maximum absolute atomic E-state index is 11.8. The van der Waals surface area contributed by atoms with Gasteiger partial charge in [0, 0.05) is 12.1 Å². The zero-order valence-electron chi connectivity index (χ0n) is 12.4. The van der Waals surface area contributed by atoms with Crippen LogP contribution in [0, 0.1) is 5.92 Å². The smallest absolute Gasteiger partial charge is 0.307 e. The molecule has 18 heavy (non-hydrogen) atoms. The van der Waals surface area contributed by atoms with Crippen LogP contribution in [0.3, 0.4) is 0 Å². The Kier molecular flexibility index (Phi) is 5.60. The summed E-state index contributed by atoms with van der Waals surface area (Å²) < 4.78 is 10.9. The van der Waals surface area contributed by atoms with Gasteiger partial charge in [-0.2, -0.15) is 0 Å². The lowest BCUT2D eigenvalue weighted by Crippen LogP contribution is -2.53. The van der Waals surface area contributed by atoms with Gasteiger partial charge in [0.1, 0.15) is 0 Å². The molecule has 0 saturated carbocycles. The van der Waals surface area contributed by atoms with E-state index in [1.54, 1.807) is 0 Å². The first kappa shape index (κ1) is 15.4. The monoisotopic (exact) mass is 257 g/mol. The van der Waals surface area contributed by atoms with Crippen LogP contribution in [0.5, 0.6) is 0 Å². The number of nitrogens with zero attached hydrogens (tertiary/aromatic N) is 1. The zero-order valence-corrected chi connectivity index (χ0v) is 12.4. The summed E-state index contributed by atoms with van der Waals surface area (Å²) in [6.45, 7) is 7.36. The van der Waals surface area contributed by atoms with Crippen LogP contribution in [-0.4, -0.2) is 49.8 Å². The Morgan fingerprint density at radius 1 is 1.50 bits per heavy atom. The summed E-state index contributed by atoms with van der Waals surface area (Å²) in [7, 11) is 4.09. The van der Waals surface area contributed by atoms with E-state index in [4.69, 9.17) is 9.47 Å². The third-order valence-electron chi connectivity index (χ3n) is 3.95. The fourth-order valence-corrected chi connectivity index (χ4v) is 2.57. The third-order valence-corrected chi connectivity index (χ3v) is 3.95. The highest BCUT2D eigenvalue weighted by Crippen LogP contribution is 2.35. The molecule has 0 spiro atoms. The largest absolute Gasteiger partial charge is 0.466 e. The maximum Gasteiger partial charge on any atom is 0.307 e. The Hall–Kier alpha value is -0.610. The minimum absolute atomic E-state index is 0.101. The molecule has 0 radical (unpaired) electrons. The zero-order chi connectivity index (χ0) is 13.8. The lowest BCUT2D eigenvalue weighted by molar-refractivity contribution is -0.150. The van der Waals surface area contributed by atoms with Crippen LogP contribution in [0.4, 0.5) is 0 Å². The van der Waals surface area contributed by atoms with E-state index in [1.165, 1.54) is 0 Å². The average Bonchev–Trinajstić information content (AvgIpc) is 2.29. The van der Waals surface area contributed by atoms with Crippen LogP contribution in [0.15, 0.2) is 0 Å². The van der Waals surface area contributed by atoms with Crippen LogP contribution in [-0.2, 0) is 14.3 Å². The number of carbonyl (C=O) groups is 1. The van der Waals surface area contributed by atoms with Crippen LogP contribution < -0.4 is 0 Å². The van der Waals surface area contributed by atoms with E-state index < -0.39 is 0 Å². The van der Waals surface area contributed by atoms with Crippen molar-refractivity contribution in [1.29, 1.82) is 0 Å². The van der Waals surface area contributed by atoms with Crippen molar-refractivity contribution in [2.45, 2.75) is 51.7 Å². The van der Waals surface area contributed by atoms with Gasteiger partial charge in [-0.05, 0) is 39.8 Å². The summed E-state index contributed by atoms with van der Waals surface area (Å²) >= 11 is 0. The first-order valence-electron chi connectivity index (χ1n) is 6.86. The van der Waals surface area contributed by atoms with Crippen molar-refractivity contribution in [3.8, 4) is 0 Å². The standard InChI is InChI=1S/C14H27NO3/c1-6-17-13(16)10-14(15(4)5)7-8-18-12(9-14)11(2)3/h11-12H,6-10H2,1-5H3. The number of hydrogen-bond acceptors (Lipinski definition) is 4. The van der Waals surface area contributed by atoms with Gasteiger partial charge in [-0.25, -0.2) is 0 Å². The Balaban J connectivity index is 2.76. The Morgan fingerprint density at radius 3 is 2.67 bits per heavy atom. The van der Waals surface area contributed by atoms with Crippen LogP contribution >= 0.6 is 0 Å². The Morgan fingerprint density at radius 2 is 2.17 bits per heavy atom. The van der Waals surface area contributed by atoms with Gasteiger partial charge >= 0.3 is 5.97 Å². The number of carbonyl (C=O) groups excluding carboxylic acids is 1. The number of rotatable bonds is 5. The summed E-state index contributed by atoms with van der Waals surface area (Å²) in [5.41, 5.74) is -0.112. The molecule has 0 N–H and O–H groups in total. The second kappa shape index (κ2) is 6.53. The molecule has 0 bridgehead atoms. The van der Waals surface area contributed by atoms with E-state index in [0.717, 1.165) is 19.4 Å². The first-order chi connectivity index (χ1) is 8.41. The quantitative estimate of drug-likeness (QED) is 0.707. The second-order valence-corrected chi connectivity index (χ2v) is 5.71. The fourth-order valence-electron chi connectivity index (χ4n) is 2.57. The maximum atomic E-state index is 11.8. The highest BCUT2D eigenvalue weighted by atomic mass is 16.5. The molecule has 2 atom stereocenters. The van der Waals surface area contributed by atoms with Gasteiger partial charge in [0.15, 0.2) is 0 Å². The van der Waals surface area contributed by atoms with Crippen LogP contribution in [0.25, 0.3) is 0 Å². The molecule has 4 heteroatoms. The molecule has 0 aromatic rings. The van der Waals surface area contributed by atoms with Gasteiger partial charge in [0.25, 0.3) is 0 Å². The number of esters is 1. The number of ether oxygens (including phenoxy) is 2. The minimum Gasteiger partial charge on any atom is -0.466 e. The fraction of sp³-hybridized carbons (Fsp3) is 0.929. The molecule has 1 fully saturated rings. The van der Waals surface area contributed by atoms with Crippen molar-refractivity contribution in [1.82, 2.24) is 4.90 Å². The van der Waals surface area contributed by atoms with Gasteiger partial charge in [-0.3, -0.25) is 4.79 Å². The third kappa shape index (κ3) is 3.69. The molecular weight excluding hydrogens is 230 g/mol. The lowest BCUT2D eigenvalue weighted by atomic mass is 9.80. The predicted molar refractivity (Wildman–Crippen MR) is 71.5 cm³/mol. The molecule has 1 heterocycles. The van der Waals surface area contributed by atoms with Crippen molar-refractivity contribution in [3.63, 3.8) is 0 Å². The summed E-state index contributed by atoms with van der Waals surface area (Å²) in [5.74, 6) is 0.377. The SMILES string of the molecule is CCOC(=O)CC1(N(C)C)CCOC(C(C)C)C1. The Bertz CT molecular complexity index is 278. The van der Waals surface area contributed by atoms with E-state index in [1.807, 2.05) is 21.0 Å². The van der Waals surface area contributed by atoms with E-state index >= 15 is 0 Å². The highest BCUT2D eigenvalue weighted by Gasteiger charge is 2.41. The molecule has 1 saturated heterocycles. The summed E-state index contributed by atoms with van der Waals surface area (Å²) in [5, 5.41) is 0. The molecule has 1 aliphatic heterocycles. The lowest BCUT2D eigenvalue weighted by Gasteiger charge is -2.46. The molecule has 4 nitrogen and oxygen atoms in total. The molecule has 0 aromatic carbocycles. The summed E-state index contributed by atoms with van der Waals surface area (Å²) in [6.07, 6.45) is 2.48. The van der Waals surface area contributed by atoms with Gasteiger partial charge in [-0.1, -0.05) is 13.8 Å². The van der Waals surface area contributed by atoms with Crippen molar-refractivity contribution < 1.29 is 14.3 Å². The molecule has 1 aliphatic rings. The van der Waals surface area contributed by atoms with Gasteiger partial charge in [0.05, 0.1) is 19.1 Å². The Labute approximate surface area is 111 Å². The summed E-state index contributed by atoms with van der Waals surface area (Å²) in [4.78, 5) is 14.0. The van der Waals surface area contributed by atoms with Crippen LogP contribution in [0.2, 0.25) is 0 Å². The topological polar surface area (TPSA) is 38.8 Å². The molecule has 106 valence electrons.